The lowest BCUT2D eigenvalue weighted by Gasteiger charge is -2.23. The van der Waals surface area contributed by atoms with Gasteiger partial charge in [0.25, 0.3) is 5.91 Å². The van der Waals surface area contributed by atoms with E-state index in [0.717, 1.165) is 17.9 Å². The molecular formula is C12H15NO4S. The third kappa shape index (κ3) is 2.69. The van der Waals surface area contributed by atoms with Gasteiger partial charge in [0, 0.05) is 18.8 Å². The molecule has 1 atom stereocenters. The lowest BCUT2D eigenvalue weighted by atomic mass is 10.1. The SMILES string of the molecule is CN(C(=O)c1ccoc1CC(=O)O)C1CCSC1. The second-order valence-corrected chi connectivity index (χ2v) is 5.41. The van der Waals surface area contributed by atoms with Gasteiger partial charge in [-0.15, -0.1) is 0 Å². The molecule has 0 saturated carbocycles. The van der Waals surface area contributed by atoms with Gasteiger partial charge in [0.1, 0.15) is 12.2 Å². The largest absolute Gasteiger partial charge is 0.481 e. The van der Waals surface area contributed by atoms with Crippen molar-refractivity contribution in [2.24, 2.45) is 0 Å². The molecule has 1 saturated heterocycles. The van der Waals surface area contributed by atoms with Gasteiger partial charge in [-0.05, 0) is 18.2 Å². The lowest BCUT2D eigenvalue weighted by molar-refractivity contribution is -0.136. The lowest BCUT2D eigenvalue weighted by Crippen LogP contribution is -2.37. The molecule has 1 aliphatic heterocycles. The topological polar surface area (TPSA) is 70.8 Å². The average Bonchev–Trinajstić information content (AvgIpc) is 2.96. The van der Waals surface area contributed by atoms with Crippen LogP contribution in [0.3, 0.4) is 0 Å². The summed E-state index contributed by atoms with van der Waals surface area (Å²) in [5.74, 6) is 1.07. The van der Waals surface area contributed by atoms with Crippen LogP contribution in [0.15, 0.2) is 16.7 Å². The monoisotopic (exact) mass is 269 g/mol. The normalized spacial score (nSPS) is 18.8. The number of thioether (sulfide) groups is 1. The predicted molar refractivity (Wildman–Crippen MR) is 67.9 cm³/mol. The summed E-state index contributed by atoms with van der Waals surface area (Å²) in [7, 11) is 1.76. The molecule has 1 aromatic rings. The Balaban J connectivity index is 2.12. The number of aliphatic carboxylic acids is 1. The summed E-state index contributed by atoms with van der Waals surface area (Å²) in [4.78, 5) is 24.6. The number of nitrogens with zero attached hydrogens (tertiary/aromatic N) is 1. The summed E-state index contributed by atoms with van der Waals surface area (Å²) in [6.07, 6.45) is 2.09. The number of hydrogen-bond donors (Lipinski definition) is 1. The Hall–Kier alpha value is -1.43. The minimum atomic E-state index is -1.00. The van der Waals surface area contributed by atoms with E-state index in [0.29, 0.717) is 5.56 Å². The Kier molecular flexibility index (Phi) is 3.96. The zero-order valence-corrected chi connectivity index (χ0v) is 10.9. The number of furan rings is 1. The Morgan fingerprint density at radius 1 is 1.61 bits per heavy atom. The van der Waals surface area contributed by atoms with Crippen LogP contribution in [0.25, 0.3) is 0 Å². The van der Waals surface area contributed by atoms with Crippen molar-refractivity contribution in [3.05, 3.63) is 23.7 Å². The van der Waals surface area contributed by atoms with Crippen molar-refractivity contribution in [1.29, 1.82) is 0 Å². The van der Waals surface area contributed by atoms with Crippen molar-refractivity contribution in [2.75, 3.05) is 18.6 Å². The minimum absolute atomic E-state index is 0.160. The van der Waals surface area contributed by atoms with E-state index in [-0.39, 0.29) is 24.1 Å². The van der Waals surface area contributed by atoms with Crippen LogP contribution in [0.4, 0.5) is 0 Å². The molecule has 5 nitrogen and oxygen atoms in total. The molecule has 1 unspecified atom stereocenters. The van der Waals surface area contributed by atoms with Crippen molar-refractivity contribution in [2.45, 2.75) is 18.9 Å². The molecule has 1 aliphatic rings. The first-order valence-electron chi connectivity index (χ1n) is 5.72. The molecule has 98 valence electrons. The molecule has 1 amide bonds. The second kappa shape index (κ2) is 5.48. The number of rotatable bonds is 4. The number of hydrogen-bond acceptors (Lipinski definition) is 4. The van der Waals surface area contributed by atoms with Crippen molar-refractivity contribution in [3.63, 3.8) is 0 Å². The van der Waals surface area contributed by atoms with Crippen molar-refractivity contribution < 1.29 is 19.1 Å². The minimum Gasteiger partial charge on any atom is -0.481 e. The van der Waals surface area contributed by atoms with Gasteiger partial charge in [0.2, 0.25) is 0 Å². The van der Waals surface area contributed by atoms with E-state index in [1.54, 1.807) is 18.0 Å². The number of carboxylic acid groups (broad SMARTS) is 1. The highest BCUT2D eigenvalue weighted by atomic mass is 32.2. The van der Waals surface area contributed by atoms with E-state index in [2.05, 4.69) is 0 Å². The molecule has 0 aromatic carbocycles. The van der Waals surface area contributed by atoms with Crippen LogP contribution < -0.4 is 0 Å². The van der Waals surface area contributed by atoms with Crippen molar-refractivity contribution in [3.8, 4) is 0 Å². The highest BCUT2D eigenvalue weighted by molar-refractivity contribution is 7.99. The summed E-state index contributed by atoms with van der Waals surface area (Å²) >= 11 is 1.83. The third-order valence-corrected chi connectivity index (χ3v) is 4.21. The Morgan fingerprint density at radius 3 is 3.00 bits per heavy atom. The maximum Gasteiger partial charge on any atom is 0.311 e. The summed E-state index contributed by atoms with van der Waals surface area (Å²) in [5, 5.41) is 8.75. The van der Waals surface area contributed by atoms with Gasteiger partial charge in [-0.2, -0.15) is 11.8 Å². The summed E-state index contributed by atoms with van der Waals surface area (Å²) in [5.41, 5.74) is 0.358. The van der Waals surface area contributed by atoms with Gasteiger partial charge in [0.05, 0.1) is 11.8 Å². The van der Waals surface area contributed by atoms with Crippen LogP contribution in [0.2, 0.25) is 0 Å². The molecule has 1 fully saturated rings. The first-order chi connectivity index (χ1) is 8.59. The quantitative estimate of drug-likeness (QED) is 0.896. The van der Waals surface area contributed by atoms with E-state index >= 15 is 0 Å². The average molecular weight is 269 g/mol. The van der Waals surface area contributed by atoms with Gasteiger partial charge < -0.3 is 14.4 Å². The van der Waals surface area contributed by atoms with E-state index in [9.17, 15) is 9.59 Å². The van der Waals surface area contributed by atoms with Crippen LogP contribution in [0, 0.1) is 0 Å². The molecule has 1 aromatic heterocycles. The van der Waals surface area contributed by atoms with Gasteiger partial charge in [0.15, 0.2) is 0 Å². The van der Waals surface area contributed by atoms with Crippen LogP contribution in [-0.2, 0) is 11.2 Å². The summed E-state index contributed by atoms with van der Waals surface area (Å²) in [6, 6.07) is 1.77. The van der Waals surface area contributed by atoms with E-state index in [4.69, 9.17) is 9.52 Å². The highest BCUT2D eigenvalue weighted by Gasteiger charge is 2.27. The number of carbonyl (C=O) groups excluding carboxylic acids is 1. The molecule has 0 spiro atoms. The predicted octanol–water partition coefficient (Wildman–Crippen LogP) is 1.48. The Labute approximate surface area is 109 Å². The van der Waals surface area contributed by atoms with Crippen LogP contribution in [0.5, 0.6) is 0 Å². The molecule has 1 N–H and O–H groups in total. The van der Waals surface area contributed by atoms with Gasteiger partial charge >= 0.3 is 5.97 Å². The fraction of sp³-hybridized carbons (Fsp3) is 0.500. The fourth-order valence-electron chi connectivity index (χ4n) is 1.99. The molecule has 6 heteroatoms. The molecular weight excluding hydrogens is 254 g/mol. The van der Waals surface area contributed by atoms with Crippen LogP contribution >= 0.6 is 11.8 Å². The maximum absolute atomic E-state index is 12.3. The maximum atomic E-state index is 12.3. The molecule has 18 heavy (non-hydrogen) atoms. The van der Waals surface area contributed by atoms with Crippen molar-refractivity contribution >= 4 is 23.6 Å². The molecule has 2 rings (SSSR count). The summed E-state index contributed by atoms with van der Waals surface area (Å²) < 4.78 is 5.08. The van der Waals surface area contributed by atoms with Crippen LogP contribution in [0.1, 0.15) is 22.5 Å². The zero-order chi connectivity index (χ0) is 13.1. The number of carboxylic acids is 1. The summed E-state index contributed by atoms with van der Waals surface area (Å²) in [6.45, 7) is 0. The van der Waals surface area contributed by atoms with E-state index < -0.39 is 5.97 Å². The zero-order valence-electron chi connectivity index (χ0n) is 10.1. The smallest absolute Gasteiger partial charge is 0.311 e. The third-order valence-electron chi connectivity index (χ3n) is 3.06. The van der Waals surface area contributed by atoms with E-state index in [1.165, 1.54) is 6.26 Å². The number of amides is 1. The highest BCUT2D eigenvalue weighted by Crippen LogP contribution is 2.23. The number of carbonyl (C=O) groups is 2. The van der Waals surface area contributed by atoms with E-state index in [1.807, 2.05) is 11.8 Å². The molecule has 0 radical (unpaired) electrons. The Morgan fingerprint density at radius 2 is 2.39 bits per heavy atom. The van der Waals surface area contributed by atoms with Crippen molar-refractivity contribution in [1.82, 2.24) is 4.90 Å². The van der Waals surface area contributed by atoms with Gasteiger partial charge in [-0.25, -0.2) is 0 Å². The fourth-order valence-corrected chi connectivity index (χ4v) is 3.26. The standard InChI is InChI=1S/C12H15NO4S/c1-13(8-3-5-18-7-8)12(16)9-2-4-17-10(9)6-11(14)15/h2,4,8H,3,5-7H2,1H3,(H,14,15). The van der Waals surface area contributed by atoms with Crippen LogP contribution in [-0.4, -0.2) is 46.5 Å². The second-order valence-electron chi connectivity index (χ2n) is 4.26. The first kappa shape index (κ1) is 13.0. The first-order valence-corrected chi connectivity index (χ1v) is 6.88. The van der Waals surface area contributed by atoms with Gasteiger partial charge in [-0.1, -0.05) is 0 Å². The Bertz CT molecular complexity index is 451. The molecule has 0 bridgehead atoms. The van der Waals surface area contributed by atoms with Gasteiger partial charge in [-0.3, -0.25) is 9.59 Å². The molecule has 0 aliphatic carbocycles. The molecule has 2 heterocycles.